The molecule has 8 nitrogen and oxygen atoms in total. The molecule has 1 fully saturated rings. The van der Waals surface area contributed by atoms with Gasteiger partial charge in [-0.05, 0) is 56.2 Å². The third-order valence-corrected chi connectivity index (χ3v) is 6.40. The number of thioether (sulfide) groups is 1. The highest BCUT2D eigenvalue weighted by Crippen LogP contribution is 2.39. The van der Waals surface area contributed by atoms with Crippen LogP contribution >= 0.6 is 24.0 Å². The molecule has 1 aliphatic heterocycles. The molecule has 0 aliphatic carbocycles. The summed E-state index contributed by atoms with van der Waals surface area (Å²) < 4.78 is 12.0. The van der Waals surface area contributed by atoms with Gasteiger partial charge in [-0.25, -0.2) is 4.98 Å². The molecule has 178 valence electrons. The van der Waals surface area contributed by atoms with Crippen LogP contribution in [-0.4, -0.2) is 26.7 Å². The van der Waals surface area contributed by atoms with Crippen molar-refractivity contribution in [1.29, 1.82) is 0 Å². The van der Waals surface area contributed by atoms with Gasteiger partial charge in [-0.2, -0.15) is 0 Å². The molecule has 0 radical (unpaired) electrons. The number of hydrogen-bond donors (Lipinski definition) is 0. The Morgan fingerprint density at radius 3 is 2.60 bits per heavy atom. The molecule has 0 saturated carbocycles. The lowest BCUT2D eigenvalue weighted by molar-refractivity contribution is -0.385. The molecule has 1 amide bonds. The van der Waals surface area contributed by atoms with Gasteiger partial charge >= 0.3 is 0 Å². The van der Waals surface area contributed by atoms with Crippen molar-refractivity contribution in [2.75, 3.05) is 11.5 Å². The largest absolute Gasteiger partial charge is 0.490 e. The number of pyridine rings is 1. The molecule has 1 saturated heterocycles. The Balaban J connectivity index is 1.59. The summed E-state index contributed by atoms with van der Waals surface area (Å²) >= 11 is 6.75. The summed E-state index contributed by atoms with van der Waals surface area (Å²) in [4.78, 5) is 29.5. The monoisotopic (exact) mass is 507 g/mol. The highest BCUT2D eigenvalue weighted by Gasteiger charge is 2.34. The van der Waals surface area contributed by atoms with Gasteiger partial charge in [-0.15, -0.1) is 0 Å². The number of nitrogens with zero attached hydrogens (tertiary/aromatic N) is 3. The van der Waals surface area contributed by atoms with Crippen molar-refractivity contribution in [1.82, 2.24) is 4.98 Å². The van der Waals surface area contributed by atoms with Gasteiger partial charge in [0.25, 0.3) is 11.6 Å². The average Bonchev–Trinajstić information content (AvgIpc) is 3.09. The summed E-state index contributed by atoms with van der Waals surface area (Å²) in [7, 11) is 0. The molecular weight excluding hydrogens is 486 g/mol. The minimum atomic E-state index is -0.528. The fourth-order valence-corrected chi connectivity index (χ4v) is 4.79. The van der Waals surface area contributed by atoms with Gasteiger partial charge in [0.1, 0.15) is 6.20 Å². The number of carbonyl (C=O) groups excluding carboxylic acids is 1. The Bertz CT molecular complexity index is 1360. The Morgan fingerprint density at radius 2 is 1.94 bits per heavy atom. The average molecular weight is 508 g/mol. The van der Waals surface area contributed by atoms with Gasteiger partial charge in [0.2, 0.25) is 5.88 Å². The summed E-state index contributed by atoms with van der Waals surface area (Å²) in [5, 5.41) is 10.8. The summed E-state index contributed by atoms with van der Waals surface area (Å²) in [6.07, 6.45) is 2.89. The van der Waals surface area contributed by atoms with Crippen LogP contribution in [0.25, 0.3) is 6.08 Å². The standard InChI is InChI=1S/C25H21N3O5S2/c1-4-32-21-12-17(6-9-20(21)33-23-10-7-18(14-26-23)28(30)31)13-22-24(29)27(25(34)35-22)19-8-5-15(2)11-16(19)3/h5-14H,4H2,1-3H3/b22-13+. The maximum atomic E-state index is 13.2. The van der Waals surface area contributed by atoms with Crippen molar-refractivity contribution < 1.29 is 19.2 Å². The number of thiocarbonyl (C=S) groups is 1. The second-order valence-corrected chi connectivity index (χ2v) is 9.34. The van der Waals surface area contributed by atoms with Crippen LogP contribution in [0.3, 0.4) is 0 Å². The number of anilines is 1. The van der Waals surface area contributed by atoms with Gasteiger partial charge < -0.3 is 9.47 Å². The fourth-order valence-electron chi connectivity index (χ4n) is 3.50. The number of ether oxygens (including phenoxy) is 2. The van der Waals surface area contributed by atoms with E-state index in [-0.39, 0.29) is 17.5 Å². The Labute approximate surface area is 211 Å². The number of hydrogen-bond acceptors (Lipinski definition) is 8. The molecular formula is C25H21N3O5S2. The van der Waals surface area contributed by atoms with Crippen LogP contribution < -0.4 is 14.4 Å². The van der Waals surface area contributed by atoms with E-state index in [1.165, 1.54) is 23.9 Å². The van der Waals surface area contributed by atoms with Crippen molar-refractivity contribution in [3.63, 3.8) is 0 Å². The minimum absolute atomic E-state index is 0.129. The zero-order valence-electron chi connectivity index (χ0n) is 19.2. The molecule has 2 aromatic carbocycles. The molecule has 1 aliphatic rings. The highest BCUT2D eigenvalue weighted by atomic mass is 32.2. The van der Waals surface area contributed by atoms with Crippen molar-refractivity contribution in [2.45, 2.75) is 20.8 Å². The van der Waals surface area contributed by atoms with E-state index in [1.807, 2.05) is 39.0 Å². The molecule has 3 aromatic rings. The molecule has 4 rings (SSSR count). The number of rotatable bonds is 7. The summed E-state index contributed by atoms with van der Waals surface area (Å²) in [5.74, 6) is 0.860. The maximum Gasteiger partial charge on any atom is 0.287 e. The molecule has 0 N–H and O–H groups in total. The van der Waals surface area contributed by atoms with Crippen LogP contribution in [0.15, 0.2) is 59.6 Å². The number of aromatic nitrogens is 1. The summed E-state index contributed by atoms with van der Waals surface area (Å²) in [5.41, 5.74) is 3.47. The van der Waals surface area contributed by atoms with Gasteiger partial charge in [0.15, 0.2) is 15.8 Å². The Kier molecular flexibility index (Phi) is 7.13. The van der Waals surface area contributed by atoms with E-state index in [1.54, 1.807) is 29.2 Å². The predicted molar refractivity (Wildman–Crippen MR) is 140 cm³/mol. The van der Waals surface area contributed by atoms with Gasteiger partial charge in [0, 0.05) is 12.1 Å². The first kappa shape index (κ1) is 24.4. The first-order valence-corrected chi connectivity index (χ1v) is 11.9. The van der Waals surface area contributed by atoms with Crippen molar-refractivity contribution in [3.8, 4) is 17.4 Å². The second kappa shape index (κ2) is 10.2. The third kappa shape index (κ3) is 5.33. The number of aryl methyl sites for hydroxylation is 2. The van der Waals surface area contributed by atoms with Crippen LogP contribution in [0.4, 0.5) is 11.4 Å². The highest BCUT2D eigenvalue weighted by molar-refractivity contribution is 8.27. The number of amides is 1. The molecule has 0 bridgehead atoms. The van der Waals surface area contributed by atoms with Crippen molar-refractivity contribution in [3.05, 3.63) is 86.4 Å². The topological polar surface area (TPSA) is 94.8 Å². The van der Waals surface area contributed by atoms with Crippen LogP contribution in [0.5, 0.6) is 17.4 Å². The molecule has 0 spiro atoms. The third-order valence-electron chi connectivity index (χ3n) is 5.10. The predicted octanol–water partition coefficient (Wildman–Crippen LogP) is 6.20. The van der Waals surface area contributed by atoms with Crippen LogP contribution in [0.2, 0.25) is 0 Å². The van der Waals surface area contributed by atoms with E-state index < -0.39 is 4.92 Å². The quantitative estimate of drug-likeness (QED) is 0.161. The second-order valence-electron chi connectivity index (χ2n) is 7.66. The SMILES string of the molecule is CCOc1cc(/C=C2/SC(=S)N(c3ccc(C)cc3C)C2=O)ccc1Oc1ccc([N+](=O)[O-])cn1. The van der Waals surface area contributed by atoms with Crippen molar-refractivity contribution >= 4 is 51.7 Å². The number of carbonyl (C=O) groups is 1. The van der Waals surface area contributed by atoms with Crippen LogP contribution in [-0.2, 0) is 4.79 Å². The summed E-state index contributed by atoms with van der Waals surface area (Å²) in [6, 6.07) is 13.9. The maximum absolute atomic E-state index is 13.2. The van der Waals surface area contributed by atoms with E-state index in [9.17, 15) is 14.9 Å². The van der Waals surface area contributed by atoms with Crippen molar-refractivity contribution in [2.24, 2.45) is 0 Å². The molecule has 35 heavy (non-hydrogen) atoms. The minimum Gasteiger partial charge on any atom is -0.490 e. The first-order valence-electron chi connectivity index (χ1n) is 10.7. The normalized spacial score (nSPS) is 14.5. The van der Waals surface area contributed by atoms with Gasteiger partial charge in [-0.1, -0.05) is 47.7 Å². The number of benzene rings is 2. The zero-order valence-corrected chi connectivity index (χ0v) is 20.8. The molecule has 10 heteroatoms. The van der Waals surface area contributed by atoms with E-state index in [0.717, 1.165) is 28.6 Å². The Morgan fingerprint density at radius 1 is 1.14 bits per heavy atom. The smallest absolute Gasteiger partial charge is 0.287 e. The Hall–Kier alpha value is -3.76. The zero-order chi connectivity index (χ0) is 25.1. The van der Waals surface area contributed by atoms with Gasteiger partial charge in [0.05, 0.1) is 22.1 Å². The fraction of sp³-hybridized carbons (Fsp3) is 0.160. The van der Waals surface area contributed by atoms with E-state index >= 15 is 0 Å². The van der Waals surface area contributed by atoms with E-state index in [2.05, 4.69) is 4.98 Å². The molecule has 2 heterocycles. The lowest BCUT2D eigenvalue weighted by atomic mass is 10.1. The molecule has 0 unspecified atom stereocenters. The lowest BCUT2D eigenvalue weighted by Crippen LogP contribution is -2.28. The van der Waals surface area contributed by atoms with Gasteiger partial charge in [-0.3, -0.25) is 19.8 Å². The lowest BCUT2D eigenvalue weighted by Gasteiger charge is -2.17. The summed E-state index contributed by atoms with van der Waals surface area (Å²) in [6.45, 7) is 6.19. The molecule has 0 atom stereocenters. The van der Waals surface area contributed by atoms with Crippen LogP contribution in [0, 0.1) is 24.0 Å². The van der Waals surface area contributed by atoms with Crippen LogP contribution in [0.1, 0.15) is 23.6 Å². The molecule has 1 aromatic heterocycles. The van der Waals surface area contributed by atoms with E-state index in [4.69, 9.17) is 21.7 Å². The first-order chi connectivity index (χ1) is 16.8. The van der Waals surface area contributed by atoms with E-state index in [0.29, 0.717) is 27.3 Å². The number of nitro groups is 1.